The van der Waals surface area contributed by atoms with Gasteiger partial charge in [-0.2, -0.15) is 0 Å². The largest absolute Gasteiger partial charge is 0.389 e. The lowest BCUT2D eigenvalue weighted by atomic mass is 9.99. The van der Waals surface area contributed by atoms with Crippen LogP contribution in [0.3, 0.4) is 0 Å². The summed E-state index contributed by atoms with van der Waals surface area (Å²) in [4.78, 5) is 62.1. The van der Waals surface area contributed by atoms with Gasteiger partial charge < -0.3 is 31.7 Å². The van der Waals surface area contributed by atoms with Gasteiger partial charge in [-0.3, -0.25) is 19.4 Å². The molecule has 1 unspecified atom stereocenters. The van der Waals surface area contributed by atoms with E-state index in [0.717, 1.165) is 16.5 Å². The van der Waals surface area contributed by atoms with Gasteiger partial charge in [-0.05, 0) is 62.6 Å². The van der Waals surface area contributed by atoms with E-state index in [1.165, 1.54) is 11.0 Å². The van der Waals surface area contributed by atoms with Crippen LogP contribution in [0.25, 0.3) is 10.9 Å². The number of urea groups is 1. The molecule has 0 aliphatic rings. The number of para-hydroxylation sites is 1. The Bertz CT molecular complexity index is 1680. The van der Waals surface area contributed by atoms with Crippen LogP contribution in [0.4, 0.5) is 4.79 Å². The maximum Gasteiger partial charge on any atom is 0.318 e. The molecule has 12 heteroatoms. The van der Waals surface area contributed by atoms with Crippen LogP contribution in [0.5, 0.6) is 0 Å². The highest BCUT2D eigenvalue weighted by Crippen LogP contribution is 2.14. The minimum atomic E-state index is -1.35. The van der Waals surface area contributed by atoms with E-state index in [1.807, 2.05) is 63.2 Å². The lowest BCUT2D eigenvalue weighted by molar-refractivity contribution is -0.128. The van der Waals surface area contributed by atoms with Gasteiger partial charge in [0, 0.05) is 29.9 Å². The van der Waals surface area contributed by atoms with Crippen LogP contribution in [0.15, 0.2) is 91.3 Å². The molecule has 3 atom stereocenters. The standard InChI is InChI=1S/C35H41N7O5/c1-35(2,3)41-34(47)42(21-24-15-17-37-18-16-24)22-30(43)28(19-23-9-5-4-6-10-23)39-33(46)29(20-31(36)44)40-32(45)27-14-13-25-11-7-8-12-26(25)38-27/h4-18,28-30,43H,19-22H2,1-3H3,(H2,36,44)(H,39,46)(H,40,45)(H,41,47)/t28-,29-,30?/m0/s1. The third-order valence-electron chi connectivity index (χ3n) is 7.25. The second-order valence-corrected chi connectivity index (χ2v) is 12.4. The van der Waals surface area contributed by atoms with E-state index in [9.17, 15) is 24.3 Å². The number of nitrogens with two attached hydrogens (primary N) is 1. The van der Waals surface area contributed by atoms with Crippen molar-refractivity contribution in [3.8, 4) is 0 Å². The summed E-state index contributed by atoms with van der Waals surface area (Å²) in [6, 6.07) is 20.6. The Kier molecular flexibility index (Phi) is 11.6. The normalized spacial score (nSPS) is 13.2. The van der Waals surface area contributed by atoms with E-state index >= 15 is 0 Å². The van der Waals surface area contributed by atoms with Crippen LogP contribution in [-0.4, -0.2) is 74.0 Å². The summed E-state index contributed by atoms with van der Waals surface area (Å²) in [6.45, 7) is 5.59. The molecule has 4 rings (SSSR count). The summed E-state index contributed by atoms with van der Waals surface area (Å²) in [5.41, 5.74) is 7.18. The minimum absolute atomic E-state index is 0.0588. The van der Waals surface area contributed by atoms with E-state index in [4.69, 9.17) is 5.73 Å². The number of nitrogens with one attached hydrogen (secondary N) is 3. The Morgan fingerprint density at radius 2 is 1.55 bits per heavy atom. The van der Waals surface area contributed by atoms with Gasteiger partial charge in [0.1, 0.15) is 11.7 Å². The van der Waals surface area contributed by atoms with Gasteiger partial charge >= 0.3 is 6.03 Å². The van der Waals surface area contributed by atoms with Crippen molar-refractivity contribution in [1.29, 1.82) is 0 Å². The zero-order valence-corrected chi connectivity index (χ0v) is 26.7. The van der Waals surface area contributed by atoms with Crippen molar-refractivity contribution in [2.24, 2.45) is 5.73 Å². The fourth-order valence-electron chi connectivity index (χ4n) is 4.95. The van der Waals surface area contributed by atoms with E-state index < -0.39 is 53.9 Å². The molecule has 0 aliphatic heterocycles. The molecule has 47 heavy (non-hydrogen) atoms. The Hall–Kier alpha value is -5.36. The number of hydrogen-bond donors (Lipinski definition) is 5. The molecule has 0 saturated carbocycles. The molecule has 0 radical (unpaired) electrons. The first-order valence-corrected chi connectivity index (χ1v) is 15.3. The molecule has 4 aromatic rings. The monoisotopic (exact) mass is 639 g/mol. The average molecular weight is 640 g/mol. The van der Waals surface area contributed by atoms with E-state index in [2.05, 4.69) is 25.9 Å². The predicted octanol–water partition coefficient (Wildman–Crippen LogP) is 2.70. The van der Waals surface area contributed by atoms with E-state index in [-0.39, 0.29) is 25.2 Å². The number of rotatable bonds is 13. The molecular formula is C35H41N7O5. The van der Waals surface area contributed by atoms with Gasteiger partial charge in [-0.1, -0.05) is 54.6 Å². The Morgan fingerprint density at radius 3 is 2.23 bits per heavy atom. The van der Waals surface area contributed by atoms with Gasteiger partial charge in [0.05, 0.1) is 30.6 Å². The van der Waals surface area contributed by atoms with Crippen molar-refractivity contribution < 1.29 is 24.3 Å². The van der Waals surface area contributed by atoms with Crippen LogP contribution in [-0.2, 0) is 22.6 Å². The molecule has 0 saturated heterocycles. The minimum Gasteiger partial charge on any atom is -0.389 e. The van der Waals surface area contributed by atoms with Crippen LogP contribution < -0.4 is 21.7 Å². The quantitative estimate of drug-likeness (QED) is 0.149. The number of primary amides is 1. The molecule has 6 N–H and O–H groups in total. The lowest BCUT2D eigenvalue weighted by Gasteiger charge is -2.33. The van der Waals surface area contributed by atoms with Gasteiger partial charge in [0.25, 0.3) is 5.91 Å². The average Bonchev–Trinajstić information content (AvgIpc) is 3.03. The molecule has 2 heterocycles. The molecule has 0 bridgehead atoms. The summed E-state index contributed by atoms with van der Waals surface area (Å²) in [5.74, 6) is -2.20. The van der Waals surface area contributed by atoms with Crippen molar-refractivity contribution >= 4 is 34.7 Å². The van der Waals surface area contributed by atoms with Crippen LogP contribution >= 0.6 is 0 Å². The molecule has 2 aromatic carbocycles. The first kappa shape index (κ1) is 34.5. The van der Waals surface area contributed by atoms with E-state index in [1.54, 1.807) is 42.7 Å². The van der Waals surface area contributed by atoms with Crippen molar-refractivity contribution in [3.05, 3.63) is 108 Å². The maximum absolute atomic E-state index is 13.7. The SMILES string of the molecule is CC(C)(C)NC(=O)N(Cc1ccncc1)CC(O)[C@H](Cc1ccccc1)NC(=O)[C@H](CC(N)=O)NC(=O)c1ccc2ccccc2n1. The maximum atomic E-state index is 13.7. The molecule has 5 amide bonds. The van der Waals surface area contributed by atoms with Gasteiger partial charge in [-0.15, -0.1) is 0 Å². The van der Waals surface area contributed by atoms with Crippen molar-refractivity contribution in [2.75, 3.05) is 6.54 Å². The molecule has 2 aromatic heterocycles. The summed E-state index contributed by atoms with van der Waals surface area (Å²) < 4.78 is 0. The summed E-state index contributed by atoms with van der Waals surface area (Å²) in [6.07, 6.45) is 1.69. The third kappa shape index (κ3) is 10.6. The number of aliphatic hydroxyl groups is 1. The van der Waals surface area contributed by atoms with Gasteiger partial charge in [0.2, 0.25) is 11.8 Å². The number of amides is 5. The van der Waals surface area contributed by atoms with Gasteiger partial charge in [-0.25, -0.2) is 9.78 Å². The molecule has 0 aliphatic carbocycles. The number of carbonyl (C=O) groups is 4. The highest BCUT2D eigenvalue weighted by atomic mass is 16.3. The topological polar surface area (TPSA) is 180 Å². The first-order valence-electron chi connectivity index (χ1n) is 15.3. The van der Waals surface area contributed by atoms with Crippen LogP contribution in [0.2, 0.25) is 0 Å². The number of pyridine rings is 2. The number of hydrogen-bond acceptors (Lipinski definition) is 7. The fraction of sp³-hybridized carbons (Fsp3) is 0.314. The van der Waals surface area contributed by atoms with Crippen LogP contribution in [0, 0.1) is 0 Å². The molecular weight excluding hydrogens is 598 g/mol. The van der Waals surface area contributed by atoms with Gasteiger partial charge in [0.15, 0.2) is 0 Å². The smallest absolute Gasteiger partial charge is 0.318 e. The molecule has 12 nitrogen and oxygen atoms in total. The second kappa shape index (κ2) is 15.8. The van der Waals surface area contributed by atoms with Crippen LogP contribution in [0.1, 0.15) is 48.8 Å². The van der Waals surface area contributed by atoms with Crippen molar-refractivity contribution in [2.45, 2.75) is 63.9 Å². The molecule has 0 spiro atoms. The summed E-state index contributed by atoms with van der Waals surface area (Å²) in [7, 11) is 0. The Morgan fingerprint density at radius 1 is 0.872 bits per heavy atom. The number of nitrogens with zero attached hydrogens (tertiary/aromatic N) is 3. The first-order chi connectivity index (χ1) is 22.4. The number of fused-ring (bicyclic) bond motifs is 1. The van der Waals surface area contributed by atoms with E-state index in [0.29, 0.717) is 5.52 Å². The number of aliphatic hydroxyl groups excluding tert-OH is 1. The number of benzene rings is 2. The lowest BCUT2D eigenvalue weighted by Crippen LogP contribution is -2.57. The Labute approximate surface area is 273 Å². The highest BCUT2D eigenvalue weighted by Gasteiger charge is 2.31. The zero-order valence-electron chi connectivity index (χ0n) is 26.7. The Balaban J connectivity index is 1.56. The molecule has 0 fully saturated rings. The predicted molar refractivity (Wildman–Crippen MR) is 178 cm³/mol. The summed E-state index contributed by atoms with van der Waals surface area (Å²) in [5, 5.41) is 20.8. The summed E-state index contributed by atoms with van der Waals surface area (Å²) >= 11 is 0. The number of carbonyl (C=O) groups excluding carboxylic acids is 4. The second-order valence-electron chi connectivity index (χ2n) is 12.4. The zero-order chi connectivity index (χ0) is 34.0. The fourth-order valence-corrected chi connectivity index (χ4v) is 4.95. The number of aromatic nitrogens is 2. The molecule has 246 valence electrons. The third-order valence-corrected chi connectivity index (χ3v) is 7.25. The highest BCUT2D eigenvalue weighted by molar-refractivity contribution is 5.99. The van der Waals surface area contributed by atoms with Crippen molar-refractivity contribution in [3.63, 3.8) is 0 Å². The van der Waals surface area contributed by atoms with Crippen molar-refractivity contribution in [1.82, 2.24) is 30.8 Å².